The van der Waals surface area contributed by atoms with E-state index in [1.807, 2.05) is 30.3 Å². The lowest BCUT2D eigenvalue weighted by Gasteiger charge is -2.22. The molecule has 3 aromatic rings. The van der Waals surface area contributed by atoms with Crippen LogP contribution in [0.2, 0.25) is 0 Å². The maximum absolute atomic E-state index is 13.2. The predicted octanol–water partition coefficient (Wildman–Crippen LogP) is 4.56. The van der Waals surface area contributed by atoms with Gasteiger partial charge in [0.25, 0.3) is 11.4 Å². The molecule has 0 aliphatic carbocycles. The average Bonchev–Trinajstić information content (AvgIpc) is 2.90. The molecule has 4 rings (SSSR count). The van der Waals surface area contributed by atoms with E-state index >= 15 is 0 Å². The van der Waals surface area contributed by atoms with Crippen molar-refractivity contribution in [2.24, 2.45) is 4.99 Å². The molecule has 0 unspecified atom stereocenters. The second kappa shape index (κ2) is 8.15. The minimum Gasteiger partial charge on any atom is -0.306 e. The number of carbonyl (C=O) groups is 1. The van der Waals surface area contributed by atoms with Gasteiger partial charge in [0.1, 0.15) is 0 Å². The van der Waals surface area contributed by atoms with E-state index in [9.17, 15) is 25.0 Å². The highest BCUT2D eigenvalue weighted by Crippen LogP contribution is 2.37. The van der Waals surface area contributed by atoms with E-state index in [2.05, 4.69) is 4.99 Å². The Morgan fingerprint density at radius 1 is 0.871 bits per heavy atom. The lowest BCUT2D eigenvalue weighted by Crippen LogP contribution is -2.31. The van der Waals surface area contributed by atoms with Crippen LogP contribution in [0.3, 0.4) is 0 Å². The molecule has 0 saturated heterocycles. The zero-order valence-electron chi connectivity index (χ0n) is 16.2. The molecule has 154 valence electrons. The number of carbonyl (C=O) groups excluding carboxylic acids is 1. The normalized spacial score (nSPS) is 13.2. The number of hydrogen-bond acceptors (Lipinski definition) is 6. The van der Waals surface area contributed by atoms with Gasteiger partial charge in [-0.3, -0.25) is 25.0 Å². The SMILES string of the molecule is O=C1CC(c2ccc([N+](=O)[O-])cc2)=Nc2cc([N+](=O)[O-])ccc2N1Cc1ccccc1. The molecular formula is C22H16N4O5. The van der Waals surface area contributed by atoms with E-state index in [1.165, 1.54) is 42.5 Å². The number of rotatable bonds is 5. The highest BCUT2D eigenvalue weighted by atomic mass is 16.6. The van der Waals surface area contributed by atoms with Gasteiger partial charge in [-0.25, -0.2) is 4.99 Å². The Bertz CT molecular complexity index is 1210. The number of anilines is 1. The van der Waals surface area contributed by atoms with Crippen molar-refractivity contribution in [2.75, 3.05) is 4.90 Å². The van der Waals surface area contributed by atoms with Crippen molar-refractivity contribution < 1.29 is 14.6 Å². The van der Waals surface area contributed by atoms with Gasteiger partial charge in [-0.15, -0.1) is 0 Å². The van der Waals surface area contributed by atoms with Crippen LogP contribution in [0.25, 0.3) is 0 Å². The van der Waals surface area contributed by atoms with Crippen LogP contribution in [0, 0.1) is 20.2 Å². The first kappa shape index (κ1) is 19.9. The third kappa shape index (κ3) is 4.15. The quantitative estimate of drug-likeness (QED) is 0.446. The van der Waals surface area contributed by atoms with Crippen molar-refractivity contribution in [3.8, 4) is 0 Å². The molecule has 0 atom stereocenters. The molecule has 9 heteroatoms. The van der Waals surface area contributed by atoms with E-state index < -0.39 is 9.85 Å². The summed E-state index contributed by atoms with van der Waals surface area (Å²) in [6, 6.07) is 19.3. The Balaban J connectivity index is 1.79. The third-order valence-electron chi connectivity index (χ3n) is 4.93. The monoisotopic (exact) mass is 416 g/mol. The van der Waals surface area contributed by atoms with E-state index in [0.717, 1.165) is 5.56 Å². The van der Waals surface area contributed by atoms with Gasteiger partial charge in [0.15, 0.2) is 0 Å². The minimum atomic E-state index is -0.518. The fourth-order valence-corrected chi connectivity index (χ4v) is 3.38. The maximum Gasteiger partial charge on any atom is 0.271 e. The summed E-state index contributed by atoms with van der Waals surface area (Å²) in [6.07, 6.45) is -0.0485. The second-order valence-corrected chi connectivity index (χ2v) is 6.93. The van der Waals surface area contributed by atoms with Gasteiger partial charge in [-0.2, -0.15) is 0 Å². The highest BCUT2D eigenvalue weighted by Gasteiger charge is 2.27. The third-order valence-corrected chi connectivity index (χ3v) is 4.93. The Morgan fingerprint density at radius 3 is 2.16 bits per heavy atom. The van der Waals surface area contributed by atoms with Crippen LogP contribution in [0.4, 0.5) is 22.7 Å². The molecule has 0 bridgehead atoms. The van der Waals surface area contributed by atoms with Gasteiger partial charge in [0, 0.05) is 24.3 Å². The fourth-order valence-electron chi connectivity index (χ4n) is 3.38. The van der Waals surface area contributed by atoms with E-state index in [4.69, 9.17) is 0 Å². The molecule has 0 N–H and O–H groups in total. The van der Waals surface area contributed by atoms with Crippen LogP contribution < -0.4 is 4.90 Å². The smallest absolute Gasteiger partial charge is 0.271 e. The predicted molar refractivity (Wildman–Crippen MR) is 115 cm³/mol. The first-order chi connectivity index (χ1) is 14.9. The van der Waals surface area contributed by atoms with E-state index in [1.54, 1.807) is 4.90 Å². The Labute approximate surface area is 176 Å². The maximum atomic E-state index is 13.2. The molecule has 1 aliphatic heterocycles. The van der Waals surface area contributed by atoms with Crippen molar-refractivity contribution >= 4 is 34.4 Å². The Morgan fingerprint density at radius 2 is 1.52 bits per heavy atom. The standard InChI is InChI=1S/C22H16N4O5/c27-22-13-19(16-6-8-17(9-7-16)25(28)29)23-20-12-18(26(30)31)10-11-21(20)24(22)14-15-4-2-1-3-5-15/h1-12H,13-14H2. The number of nitro groups is 2. The van der Waals surface area contributed by atoms with Gasteiger partial charge in [0.2, 0.25) is 5.91 Å². The van der Waals surface area contributed by atoms with Gasteiger partial charge in [-0.05, 0) is 29.3 Å². The van der Waals surface area contributed by atoms with Crippen LogP contribution in [0.5, 0.6) is 0 Å². The molecule has 9 nitrogen and oxygen atoms in total. The molecule has 1 aliphatic rings. The lowest BCUT2D eigenvalue weighted by molar-refractivity contribution is -0.385. The minimum absolute atomic E-state index is 0.0485. The molecule has 3 aromatic carbocycles. The fraction of sp³-hybridized carbons (Fsp3) is 0.0909. The van der Waals surface area contributed by atoms with Crippen LogP contribution in [0.15, 0.2) is 77.8 Å². The first-order valence-electron chi connectivity index (χ1n) is 9.37. The summed E-state index contributed by atoms with van der Waals surface area (Å²) < 4.78 is 0. The van der Waals surface area contributed by atoms with Gasteiger partial charge in [-0.1, -0.05) is 30.3 Å². The molecule has 1 amide bonds. The van der Waals surface area contributed by atoms with Gasteiger partial charge in [0.05, 0.1) is 39.9 Å². The first-order valence-corrected chi connectivity index (χ1v) is 9.37. The number of nitrogens with zero attached hydrogens (tertiary/aromatic N) is 4. The number of aliphatic imine (C=N–C) groups is 1. The largest absolute Gasteiger partial charge is 0.306 e. The van der Waals surface area contributed by atoms with E-state index in [0.29, 0.717) is 22.6 Å². The highest BCUT2D eigenvalue weighted by molar-refractivity contribution is 6.17. The zero-order chi connectivity index (χ0) is 22.0. The van der Waals surface area contributed by atoms with E-state index in [-0.39, 0.29) is 30.2 Å². The van der Waals surface area contributed by atoms with Crippen molar-refractivity contribution in [3.63, 3.8) is 0 Å². The van der Waals surface area contributed by atoms with Crippen molar-refractivity contribution in [1.82, 2.24) is 0 Å². The number of amides is 1. The van der Waals surface area contributed by atoms with Crippen LogP contribution in [-0.2, 0) is 11.3 Å². The van der Waals surface area contributed by atoms with Gasteiger partial charge >= 0.3 is 0 Å². The topological polar surface area (TPSA) is 119 Å². The number of nitro benzene ring substituents is 2. The number of hydrogen-bond donors (Lipinski definition) is 0. The Hall–Kier alpha value is -4.40. The Kier molecular flexibility index (Phi) is 5.23. The lowest BCUT2D eigenvalue weighted by atomic mass is 10.1. The second-order valence-electron chi connectivity index (χ2n) is 6.93. The summed E-state index contributed by atoms with van der Waals surface area (Å²) in [7, 11) is 0. The summed E-state index contributed by atoms with van der Waals surface area (Å²) >= 11 is 0. The molecule has 0 spiro atoms. The van der Waals surface area contributed by atoms with Crippen molar-refractivity contribution in [3.05, 3.63) is 104 Å². The molecule has 1 heterocycles. The summed E-state index contributed by atoms with van der Waals surface area (Å²) in [6.45, 7) is 0.285. The molecular weight excluding hydrogens is 400 g/mol. The number of benzene rings is 3. The molecule has 0 radical (unpaired) electrons. The molecule has 0 saturated carbocycles. The summed E-state index contributed by atoms with van der Waals surface area (Å²) in [5.41, 5.74) is 2.38. The van der Waals surface area contributed by atoms with Crippen molar-refractivity contribution in [1.29, 1.82) is 0 Å². The summed E-state index contributed by atoms with van der Waals surface area (Å²) in [5.74, 6) is -0.228. The summed E-state index contributed by atoms with van der Waals surface area (Å²) in [5, 5.41) is 22.2. The van der Waals surface area contributed by atoms with Crippen LogP contribution in [0.1, 0.15) is 17.5 Å². The molecule has 0 fully saturated rings. The number of fused-ring (bicyclic) bond motifs is 1. The molecule has 0 aromatic heterocycles. The molecule has 31 heavy (non-hydrogen) atoms. The van der Waals surface area contributed by atoms with Crippen LogP contribution >= 0.6 is 0 Å². The summed E-state index contributed by atoms with van der Waals surface area (Å²) in [4.78, 5) is 40.4. The van der Waals surface area contributed by atoms with Gasteiger partial charge < -0.3 is 4.90 Å². The average molecular weight is 416 g/mol. The number of non-ortho nitro benzene ring substituents is 2. The van der Waals surface area contributed by atoms with Crippen LogP contribution in [-0.4, -0.2) is 21.5 Å². The zero-order valence-corrected chi connectivity index (χ0v) is 16.2. The van der Waals surface area contributed by atoms with Crippen molar-refractivity contribution in [2.45, 2.75) is 13.0 Å².